The van der Waals surface area contributed by atoms with Crippen molar-refractivity contribution in [3.05, 3.63) is 70.5 Å². The first-order chi connectivity index (χ1) is 12.8. The van der Waals surface area contributed by atoms with Gasteiger partial charge in [0.05, 0.1) is 11.0 Å². The second-order valence-corrected chi connectivity index (χ2v) is 10.3. The van der Waals surface area contributed by atoms with Crippen LogP contribution in [-0.4, -0.2) is 23.9 Å². The molecule has 0 radical (unpaired) electrons. The molecular formula is C20H21FN2O2S2. The lowest BCUT2D eigenvalue weighted by molar-refractivity contribution is 0.586. The molecule has 0 N–H and O–H groups in total. The smallest absolute Gasteiger partial charge is 0.156 e. The highest BCUT2D eigenvalue weighted by Gasteiger charge is 2.16. The summed E-state index contributed by atoms with van der Waals surface area (Å²) in [5.41, 5.74) is 2.79. The Bertz CT molecular complexity index is 995. The molecule has 0 saturated heterocycles. The van der Waals surface area contributed by atoms with E-state index in [9.17, 15) is 12.8 Å². The molecule has 1 aromatic heterocycles. The molecule has 0 spiro atoms. The maximum Gasteiger partial charge on any atom is 0.156 e. The first-order valence-electron chi connectivity index (χ1n) is 8.71. The van der Waals surface area contributed by atoms with Gasteiger partial charge >= 0.3 is 0 Å². The van der Waals surface area contributed by atoms with Crippen LogP contribution in [0.3, 0.4) is 0 Å². The molecule has 0 aliphatic heterocycles. The lowest BCUT2D eigenvalue weighted by Crippen LogP contribution is -2.15. The molecule has 0 bridgehead atoms. The van der Waals surface area contributed by atoms with Crippen LogP contribution in [0.5, 0.6) is 0 Å². The van der Waals surface area contributed by atoms with E-state index in [2.05, 4.69) is 10.2 Å². The van der Waals surface area contributed by atoms with Crippen LogP contribution in [0.1, 0.15) is 30.0 Å². The van der Waals surface area contributed by atoms with Crippen LogP contribution >= 0.6 is 11.3 Å². The van der Waals surface area contributed by atoms with Gasteiger partial charge in [-0.2, -0.15) is 0 Å². The molecule has 142 valence electrons. The fraction of sp³-hybridized carbons (Fsp3) is 0.300. The summed E-state index contributed by atoms with van der Waals surface area (Å²) in [5, 5.41) is 9.71. The van der Waals surface area contributed by atoms with Gasteiger partial charge in [0.1, 0.15) is 15.8 Å². The number of hydrogen-bond donors (Lipinski definition) is 0. The minimum atomic E-state index is -3.09. The van der Waals surface area contributed by atoms with Crippen molar-refractivity contribution >= 4 is 21.2 Å². The summed E-state index contributed by atoms with van der Waals surface area (Å²) >= 11 is 1.50. The van der Waals surface area contributed by atoms with E-state index in [1.165, 1.54) is 23.5 Å². The molecule has 2 aromatic carbocycles. The molecular weight excluding hydrogens is 383 g/mol. The van der Waals surface area contributed by atoms with Crippen molar-refractivity contribution in [2.45, 2.75) is 37.7 Å². The molecule has 0 fully saturated rings. The van der Waals surface area contributed by atoms with Crippen molar-refractivity contribution in [2.75, 3.05) is 0 Å². The summed E-state index contributed by atoms with van der Waals surface area (Å²) in [6.07, 6.45) is 1.55. The fourth-order valence-electron chi connectivity index (χ4n) is 2.52. The van der Waals surface area contributed by atoms with Crippen LogP contribution < -0.4 is 0 Å². The fourth-order valence-corrected chi connectivity index (χ4v) is 4.35. The lowest BCUT2D eigenvalue weighted by Gasteiger charge is -2.08. The van der Waals surface area contributed by atoms with E-state index in [1.54, 1.807) is 26.0 Å². The molecule has 0 aliphatic rings. The highest BCUT2D eigenvalue weighted by Crippen LogP contribution is 2.24. The number of rotatable bonds is 7. The highest BCUT2D eigenvalue weighted by molar-refractivity contribution is 7.91. The van der Waals surface area contributed by atoms with Crippen molar-refractivity contribution in [1.82, 2.24) is 10.2 Å². The molecule has 4 nitrogen and oxygen atoms in total. The van der Waals surface area contributed by atoms with Crippen molar-refractivity contribution in [3.8, 4) is 10.6 Å². The molecule has 3 aromatic rings. The Balaban J connectivity index is 1.60. The zero-order valence-corrected chi connectivity index (χ0v) is 16.9. The average molecular weight is 405 g/mol. The summed E-state index contributed by atoms with van der Waals surface area (Å²) in [4.78, 5) is 0. The van der Waals surface area contributed by atoms with E-state index in [0.29, 0.717) is 0 Å². The largest absolute Gasteiger partial charge is 0.228 e. The van der Waals surface area contributed by atoms with Gasteiger partial charge in [0.15, 0.2) is 9.84 Å². The third-order valence-corrected chi connectivity index (χ3v) is 7.50. The number of aromatic nitrogens is 2. The third kappa shape index (κ3) is 5.20. The Labute approximate surface area is 163 Å². The zero-order chi connectivity index (χ0) is 19.4. The second kappa shape index (κ2) is 8.27. The molecule has 0 atom stereocenters. The highest BCUT2D eigenvalue weighted by atomic mass is 32.2. The van der Waals surface area contributed by atoms with E-state index in [1.807, 2.05) is 24.3 Å². The van der Waals surface area contributed by atoms with Crippen molar-refractivity contribution in [3.63, 3.8) is 0 Å². The summed E-state index contributed by atoms with van der Waals surface area (Å²) in [7, 11) is -3.09. The molecule has 3 rings (SSSR count). The number of nitrogens with zero attached hydrogens (tertiary/aromatic N) is 2. The van der Waals surface area contributed by atoms with Crippen LogP contribution in [0.25, 0.3) is 10.6 Å². The van der Waals surface area contributed by atoms with Crippen molar-refractivity contribution in [2.24, 2.45) is 0 Å². The second-order valence-electron chi connectivity index (χ2n) is 6.68. The Morgan fingerprint density at radius 1 is 0.926 bits per heavy atom. The molecule has 1 heterocycles. The van der Waals surface area contributed by atoms with Crippen molar-refractivity contribution < 1.29 is 12.8 Å². The van der Waals surface area contributed by atoms with E-state index < -0.39 is 9.84 Å². The number of aryl methyl sites for hydroxylation is 2. The zero-order valence-electron chi connectivity index (χ0n) is 15.2. The van der Waals surface area contributed by atoms with E-state index >= 15 is 0 Å². The Hall–Kier alpha value is -2.12. The van der Waals surface area contributed by atoms with Crippen molar-refractivity contribution in [1.29, 1.82) is 0 Å². The predicted octanol–water partition coefficient (Wildman–Crippen LogP) is 4.45. The van der Waals surface area contributed by atoms with E-state index in [-0.39, 0.29) is 16.8 Å². The number of halogens is 1. The monoisotopic (exact) mass is 404 g/mol. The number of hydrogen-bond acceptors (Lipinski definition) is 5. The summed E-state index contributed by atoms with van der Waals surface area (Å²) in [5.74, 6) is -0.198. The SMILES string of the molecule is CC(C)S(=O)(=O)Cc1ccc(CCc2nnc(-c3ccc(F)cc3)s2)cc1. The van der Waals surface area contributed by atoms with Gasteiger partial charge in [-0.25, -0.2) is 12.8 Å². The van der Waals surface area contributed by atoms with E-state index in [0.717, 1.165) is 39.5 Å². The molecule has 0 saturated carbocycles. The van der Waals surface area contributed by atoms with E-state index in [4.69, 9.17) is 0 Å². The van der Waals surface area contributed by atoms with Gasteiger partial charge in [0.2, 0.25) is 0 Å². The van der Waals surface area contributed by atoms with Crippen LogP contribution in [0.2, 0.25) is 0 Å². The average Bonchev–Trinajstić information content (AvgIpc) is 3.10. The molecule has 27 heavy (non-hydrogen) atoms. The van der Waals surface area contributed by atoms with Gasteiger partial charge in [0, 0.05) is 12.0 Å². The summed E-state index contributed by atoms with van der Waals surface area (Å²) in [6.45, 7) is 3.40. The molecule has 7 heteroatoms. The van der Waals surface area contributed by atoms with Gasteiger partial charge in [-0.05, 0) is 55.7 Å². The Morgan fingerprint density at radius 3 is 2.19 bits per heavy atom. The van der Waals surface area contributed by atoms with Crippen LogP contribution in [0, 0.1) is 5.82 Å². The normalized spacial score (nSPS) is 11.9. The van der Waals surface area contributed by atoms with Gasteiger partial charge < -0.3 is 0 Å². The summed E-state index contributed by atoms with van der Waals surface area (Å²) < 4.78 is 37.0. The Kier molecular flexibility index (Phi) is 6.01. The van der Waals surface area contributed by atoms with Gasteiger partial charge in [-0.15, -0.1) is 10.2 Å². The molecule has 0 amide bonds. The minimum absolute atomic E-state index is 0.0718. The van der Waals surface area contributed by atoms with Crippen LogP contribution in [-0.2, 0) is 28.4 Å². The van der Waals surface area contributed by atoms with Gasteiger partial charge in [-0.1, -0.05) is 35.6 Å². The topological polar surface area (TPSA) is 59.9 Å². The number of benzene rings is 2. The minimum Gasteiger partial charge on any atom is -0.228 e. The Morgan fingerprint density at radius 2 is 1.56 bits per heavy atom. The quantitative estimate of drug-likeness (QED) is 0.584. The molecule has 0 unspecified atom stereocenters. The predicted molar refractivity (Wildman–Crippen MR) is 107 cm³/mol. The maximum absolute atomic E-state index is 13.0. The number of sulfone groups is 1. The standard InChI is InChI=1S/C20H21FN2O2S2/c1-14(2)27(24,25)13-16-5-3-15(4-6-16)7-12-19-22-23-20(26-19)17-8-10-18(21)11-9-17/h3-6,8-11,14H,7,12-13H2,1-2H3. The summed E-state index contributed by atoms with van der Waals surface area (Å²) in [6, 6.07) is 13.9. The van der Waals surface area contributed by atoms with Gasteiger partial charge in [-0.3, -0.25) is 0 Å². The first kappa shape index (κ1) is 19.6. The lowest BCUT2D eigenvalue weighted by atomic mass is 10.1. The maximum atomic E-state index is 13.0. The van der Waals surface area contributed by atoms with Gasteiger partial charge in [0.25, 0.3) is 0 Å². The third-order valence-electron chi connectivity index (χ3n) is 4.29. The van der Waals surface area contributed by atoms with Crippen LogP contribution in [0.15, 0.2) is 48.5 Å². The van der Waals surface area contributed by atoms with Crippen LogP contribution in [0.4, 0.5) is 4.39 Å². The molecule has 0 aliphatic carbocycles. The first-order valence-corrected chi connectivity index (χ1v) is 11.2.